The molecule has 3 aromatic carbocycles. The zero-order valence-corrected chi connectivity index (χ0v) is 15.4. The van der Waals surface area contributed by atoms with Gasteiger partial charge in [0.05, 0.1) is 0 Å². The number of thiophene rings is 1. The van der Waals surface area contributed by atoms with Gasteiger partial charge in [0, 0.05) is 19.2 Å². The van der Waals surface area contributed by atoms with Gasteiger partial charge in [-0.1, -0.05) is 44.2 Å². The summed E-state index contributed by atoms with van der Waals surface area (Å²) in [7, 11) is 0. The van der Waals surface area contributed by atoms with Crippen molar-refractivity contribution >= 4 is 44.0 Å². The number of hydrogen-bond acceptors (Lipinski definition) is 2. The van der Waals surface area contributed by atoms with Crippen LogP contribution in [0.25, 0.3) is 31.3 Å². The Morgan fingerprint density at radius 2 is 1.62 bits per heavy atom. The molecule has 0 amide bonds. The van der Waals surface area contributed by atoms with Gasteiger partial charge in [0.2, 0.25) is 0 Å². The molecule has 1 aliphatic rings. The van der Waals surface area contributed by atoms with Crippen molar-refractivity contribution in [1.82, 2.24) is 0 Å². The Kier molecular flexibility index (Phi) is 3.10. The van der Waals surface area contributed by atoms with Crippen LogP contribution in [0.5, 0.6) is 0 Å². The number of benzene rings is 3. The maximum atomic E-state index is 2.41. The molecule has 118 valence electrons. The summed E-state index contributed by atoms with van der Waals surface area (Å²) in [6.45, 7) is 4.68. The first kappa shape index (κ1) is 14.6. The van der Waals surface area contributed by atoms with Gasteiger partial charge >= 0.3 is 0 Å². The van der Waals surface area contributed by atoms with Crippen LogP contribution in [0.15, 0.2) is 65.6 Å². The Morgan fingerprint density at radius 3 is 2.46 bits per heavy atom. The molecule has 1 aromatic heterocycles. The molecule has 0 radical (unpaired) electrons. The Balaban J connectivity index is 1.68. The summed E-state index contributed by atoms with van der Waals surface area (Å²) in [4.78, 5) is 2.82. The molecule has 0 saturated heterocycles. The number of fused-ring (bicyclic) bond motifs is 3. The summed E-state index contributed by atoms with van der Waals surface area (Å²) in [5.74, 6) is 0. The fraction of sp³-hybridized carbons (Fsp3) is 0.182. The molecule has 0 aliphatic carbocycles. The first-order chi connectivity index (χ1) is 11.6. The Hall–Kier alpha value is -1.77. The van der Waals surface area contributed by atoms with Gasteiger partial charge in [-0.2, -0.15) is 0 Å². The van der Waals surface area contributed by atoms with E-state index in [9.17, 15) is 0 Å². The van der Waals surface area contributed by atoms with Crippen LogP contribution in [-0.2, 0) is 6.42 Å². The van der Waals surface area contributed by atoms with E-state index in [1.54, 1.807) is 0 Å². The summed E-state index contributed by atoms with van der Waals surface area (Å²) < 4.78 is 1.71. The highest BCUT2D eigenvalue weighted by atomic mass is 32.2. The van der Waals surface area contributed by atoms with Crippen LogP contribution >= 0.6 is 23.1 Å². The van der Waals surface area contributed by atoms with Crippen LogP contribution in [0.1, 0.15) is 19.4 Å². The highest BCUT2D eigenvalue weighted by molar-refractivity contribution is 8.01. The summed E-state index contributed by atoms with van der Waals surface area (Å²) in [6, 6.07) is 22.6. The van der Waals surface area contributed by atoms with Crippen molar-refractivity contribution in [2.24, 2.45) is 0 Å². The van der Waals surface area contributed by atoms with Gasteiger partial charge in [-0.25, -0.2) is 0 Å². The molecule has 2 heteroatoms. The van der Waals surface area contributed by atoms with Crippen LogP contribution in [-0.4, -0.2) is 4.75 Å². The van der Waals surface area contributed by atoms with Crippen LogP contribution in [0.2, 0.25) is 0 Å². The van der Waals surface area contributed by atoms with E-state index >= 15 is 0 Å². The topological polar surface area (TPSA) is 0 Å². The SMILES string of the molecule is CC1(C)Cc2cc3cc4cc(-c5ccccc5)sc4cc3cc2S1. The summed E-state index contributed by atoms with van der Waals surface area (Å²) in [5.41, 5.74) is 2.82. The lowest BCUT2D eigenvalue weighted by atomic mass is 9.99. The van der Waals surface area contributed by atoms with E-state index in [0.717, 1.165) is 0 Å². The van der Waals surface area contributed by atoms with Gasteiger partial charge in [-0.3, -0.25) is 0 Å². The first-order valence-corrected chi connectivity index (χ1v) is 9.95. The van der Waals surface area contributed by atoms with E-state index in [0.29, 0.717) is 4.75 Å². The lowest BCUT2D eigenvalue weighted by Crippen LogP contribution is -2.11. The maximum absolute atomic E-state index is 2.41. The molecule has 5 rings (SSSR count). The molecule has 4 aromatic rings. The van der Waals surface area contributed by atoms with Crippen LogP contribution in [0, 0.1) is 0 Å². The predicted molar refractivity (Wildman–Crippen MR) is 108 cm³/mol. The fourth-order valence-electron chi connectivity index (χ4n) is 3.63. The van der Waals surface area contributed by atoms with Crippen LogP contribution in [0.4, 0.5) is 0 Å². The van der Waals surface area contributed by atoms with Crippen molar-refractivity contribution in [3.05, 3.63) is 66.2 Å². The van der Waals surface area contributed by atoms with Crippen molar-refractivity contribution in [3.8, 4) is 10.4 Å². The van der Waals surface area contributed by atoms with Gasteiger partial charge in [0.15, 0.2) is 0 Å². The third-order valence-electron chi connectivity index (χ3n) is 4.72. The molecule has 0 fully saturated rings. The minimum absolute atomic E-state index is 0.331. The molecule has 0 spiro atoms. The Labute approximate surface area is 150 Å². The van der Waals surface area contributed by atoms with Crippen molar-refractivity contribution in [1.29, 1.82) is 0 Å². The highest BCUT2D eigenvalue weighted by Crippen LogP contribution is 2.46. The standard InChI is InChI=1S/C22H18S2/c1-22(2)13-18-9-15-8-17-12-19(14-6-4-3-5-7-14)23-20(17)10-16(15)11-21(18)24-22/h3-12H,13H2,1-2H3. The lowest BCUT2D eigenvalue weighted by molar-refractivity contribution is 0.724. The average molecular weight is 347 g/mol. The van der Waals surface area contributed by atoms with E-state index in [4.69, 9.17) is 0 Å². The Bertz CT molecular complexity index is 1010. The minimum Gasteiger partial charge on any atom is -0.135 e. The molecule has 24 heavy (non-hydrogen) atoms. The monoisotopic (exact) mass is 346 g/mol. The van der Waals surface area contributed by atoms with Crippen molar-refractivity contribution < 1.29 is 0 Å². The third-order valence-corrected chi connectivity index (χ3v) is 7.16. The summed E-state index contributed by atoms with van der Waals surface area (Å²) in [5, 5.41) is 4.10. The van der Waals surface area contributed by atoms with Crippen molar-refractivity contribution in [2.75, 3.05) is 0 Å². The number of rotatable bonds is 1. The second kappa shape index (κ2) is 5.11. The van der Waals surface area contributed by atoms with E-state index in [1.807, 2.05) is 23.1 Å². The van der Waals surface area contributed by atoms with E-state index in [-0.39, 0.29) is 0 Å². The van der Waals surface area contributed by atoms with Gasteiger partial charge in [0.25, 0.3) is 0 Å². The molecular weight excluding hydrogens is 328 g/mol. The molecule has 1 aliphatic heterocycles. The molecular formula is C22H18S2. The highest BCUT2D eigenvalue weighted by Gasteiger charge is 2.29. The molecule has 0 unspecified atom stereocenters. The van der Waals surface area contributed by atoms with Crippen molar-refractivity contribution in [3.63, 3.8) is 0 Å². The first-order valence-electron chi connectivity index (χ1n) is 8.32. The zero-order valence-electron chi connectivity index (χ0n) is 13.8. The van der Waals surface area contributed by atoms with Crippen LogP contribution in [0.3, 0.4) is 0 Å². The van der Waals surface area contributed by atoms with E-state index in [2.05, 4.69) is 74.5 Å². The molecule has 0 nitrogen and oxygen atoms in total. The van der Waals surface area contributed by atoms with E-state index < -0.39 is 0 Å². The lowest BCUT2D eigenvalue weighted by Gasteiger charge is -2.13. The third kappa shape index (κ3) is 2.37. The predicted octanol–water partition coefficient (Wildman–Crippen LogP) is 7.15. The molecule has 0 atom stereocenters. The Morgan fingerprint density at radius 1 is 0.833 bits per heavy atom. The summed E-state index contributed by atoms with van der Waals surface area (Å²) in [6.07, 6.45) is 1.17. The maximum Gasteiger partial charge on any atom is 0.0355 e. The molecule has 0 N–H and O–H groups in total. The zero-order chi connectivity index (χ0) is 16.3. The minimum atomic E-state index is 0.331. The quantitative estimate of drug-likeness (QED) is 0.353. The number of hydrogen-bond donors (Lipinski definition) is 0. The van der Waals surface area contributed by atoms with Gasteiger partial charge < -0.3 is 0 Å². The van der Waals surface area contributed by atoms with Gasteiger partial charge in [-0.05, 0) is 64.0 Å². The largest absolute Gasteiger partial charge is 0.135 e. The van der Waals surface area contributed by atoms with Crippen LogP contribution < -0.4 is 0 Å². The molecule has 0 saturated carbocycles. The van der Waals surface area contributed by atoms with E-state index in [1.165, 1.54) is 48.2 Å². The molecule has 0 bridgehead atoms. The van der Waals surface area contributed by atoms with Crippen molar-refractivity contribution in [2.45, 2.75) is 29.9 Å². The fourth-order valence-corrected chi connectivity index (χ4v) is 6.00. The normalized spacial score (nSPS) is 15.9. The smallest absolute Gasteiger partial charge is 0.0355 e. The second-order valence-corrected chi connectivity index (χ2v) is 10.0. The number of thioether (sulfide) groups is 1. The van der Waals surface area contributed by atoms with Gasteiger partial charge in [-0.15, -0.1) is 23.1 Å². The van der Waals surface area contributed by atoms with Gasteiger partial charge in [0.1, 0.15) is 0 Å². The summed E-state index contributed by atoms with van der Waals surface area (Å²) >= 11 is 3.91. The average Bonchev–Trinajstić information content (AvgIpc) is 3.09. The molecule has 2 heterocycles. The second-order valence-electron chi connectivity index (χ2n) is 7.21.